The second-order valence-corrected chi connectivity index (χ2v) is 4.79. The Balaban J connectivity index is 1.84. The Morgan fingerprint density at radius 3 is 3.27 bits per heavy atom. The average molecular weight is 225 g/mol. The molecule has 5 heteroatoms. The van der Waals surface area contributed by atoms with Crippen molar-refractivity contribution in [1.82, 2.24) is 15.6 Å². The Bertz CT molecular complexity index is 350. The zero-order valence-electron chi connectivity index (χ0n) is 8.75. The molecule has 0 aromatic carbocycles. The van der Waals surface area contributed by atoms with Gasteiger partial charge in [-0.1, -0.05) is 0 Å². The molecule has 1 fully saturated rings. The van der Waals surface area contributed by atoms with E-state index in [-0.39, 0.29) is 11.9 Å². The molecule has 0 bridgehead atoms. The average Bonchev–Trinajstić information content (AvgIpc) is 2.63. The molecule has 82 valence electrons. The molecule has 1 unspecified atom stereocenters. The Morgan fingerprint density at radius 2 is 2.60 bits per heavy atom. The minimum atomic E-state index is -0.0410. The molecule has 2 N–H and O–H groups in total. The highest BCUT2D eigenvalue weighted by atomic mass is 32.1. The molecule has 2 heterocycles. The molecule has 2 rings (SSSR count). The van der Waals surface area contributed by atoms with Crippen LogP contribution in [-0.4, -0.2) is 23.5 Å². The van der Waals surface area contributed by atoms with Crippen LogP contribution in [0.2, 0.25) is 0 Å². The van der Waals surface area contributed by atoms with E-state index in [1.165, 1.54) is 0 Å². The lowest BCUT2D eigenvalue weighted by Gasteiger charge is -2.22. The summed E-state index contributed by atoms with van der Waals surface area (Å²) in [5, 5.41) is 9.19. The number of thiazole rings is 1. The zero-order valence-corrected chi connectivity index (χ0v) is 9.56. The van der Waals surface area contributed by atoms with Crippen molar-refractivity contribution >= 4 is 17.2 Å². The smallest absolute Gasteiger partial charge is 0.237 e. The van der Waals surface area contributed by atoms with E-state index < -0.39 is 0 Å². The lowest BCUT2D eigenvalue weighted by molar-refractivity contribution is -0.124. The number of piperidine rings is 1. The van der Waals surface area contributed by atoms with Crippen molar-refractivity contribution in [3.05, 3.63) is 16.1 Å². The van der Waals surface area contributed by atoms with Gasteiger partial charge in [-0.25, -0.2) is 4.98 Å². The highest BCUT2D eigenvalue weighted by Crippen LogP contribution is 2.09. The number of carbonyl (C=O) groups excluding carboxylic acids is 1. The summed E-state index contributed by atoms with van der Waals surface area (Å²) in [5.74, 6) is 0.119. The highest BCUT2D eigenvalue weighted by molar-refractivity contribution is 7.09. The van der Waals surface area contributed by atoms with Gasteiger partial charge in [-0.3, -0.25) is 4.79 Å². The minimum absolute atomic E-state index is 0.0410. The molecule has 1 aromatic rings. The number of hydrogen-bond acceptors (Lipinski definition) is 4. The predicted octanol–water partition coefficient (Wildman–Crippen LogP) is 0.820. The molecule has 0 aliphatic carbocycles. The maximum Gasteiger partial charge on any atom is 0.237 e. The van der Waals surface area contributed by atoms with E-state index in [1.807, 2.05) is 12.3 Å². The van der Waals surface area contributed by atoms with Gasteiger partial charge in [0.15, 0.2) is 0 Å². The van der Waals surface area contributed by atoms with Crippen molar-refractivity contribution in [2.75, 3.05) is 6.54 Å². The molecule has 1 saturated heterocycles. The van der Waals surface area contributed by atoms with Crippen molar-refractivity contribution in [3.8, 4) is 0 Å². The normalized spacial score (nSPS) is 21.4. The monoisotopic (exact) mass is 225 g/mol. The summed E-state index contributed by atoms with van der Waals surface area (Å²) in [5.41, 5.74) is 1.02. The third kappa shape index (κ3) is 2.76. The predicted molar refractivity (Wildman–Crippen MR) is 59.7 cm³/mol. The molecular formula is C10H15N3OS. The molecular weight excluding hydrogens is 210 g/mol. The van der Waals surface area contributed by atoms with Crippen LogP contribution in [-0.2, 0) is 11.3 Å². The van der Waals surface area contributed by atoms with Gasteiger partial charge in [0.2, 0.25) is 5.91 Å². The van der Waals surface area contributed by atoms with Crippen LogP contribution in [0.25, 0.3) is 0 Å². The Kier molecular flexibility index (Phi) is 3.33. The number of rotatable bonds is 3. The van der Waals surface area contributed by atoms with Crippen molar-refractivity contribution < 1.29 is 4.79 Å². The lowest BCUT2D eigenvalue weighted by atomic mass is 10.1. The van der Waals surface area contributed by atoms with Gasteiger partial charge in [0.05, 0.1) is 16.7 Å². The van der Waals surface area contributed by atoms with Gasteiger partial charge in [0.25, 0.3) is 0 Å². The first kappa shape index (κ1) is 10.6. The van der Waals surface area contributed by atoms with E-state index in [9.17, 15) is 4.79 Å². The second-order valence-electron chi connectivity index (χ2n) is 3.72. The topological polar surface area (TPSA) is 54.0 Å². The maximum absolute atomic E-state index is 11.4. The van der Waals surface area contributed by atoms with Crippen LogP contribution in [0, 0.1) is 6.92 Å². The number of amides is 1. The Labute approximate surface area is 93.1 Å². The summed E-state index contributed by atoms with van der Waals surface area (Å²) in [6, 6.07) is -0.0410. The van der Waals surface area contributed by atoms with Crippen molar-refractivity contribution in [3.63, 3.8) is 0 Å². The first-order chi connectivity index (χ1) is 7.25. The summed E-state index contributed by atoms with van der Waals surface area (Å²) in [6.07, 6.45) is 1.98. The molecule has 0 radical (unpaired) electrons. The summed E-state index contributed by atoms with van der Waals surface area (Å²) in [6.45, 7) is 3.48. The van der Waals surface area contributed by atoms with Crippen LogP contribution in [0.4, 0.5) is 0 Å². The van der Waals surface area contributed by atoms with Gasteiger partial charge in [-0.15, -0.1) is 11.3 Å². The maximum atomic E-state index is 11.4. The summed E-state index contributed by atoms with van der Waals surface area (Å²) in [7, 11) is 0. The number of nitrogens with one attached hydrogen (secondary N) is 2. The third-order valence-electron chi connectivity index (χ3n) is 2.48. The standard InChI is InChI=1S/C10H15N3OS/c1-7-13-8(6-15-7)5-12-9-3-2-4-11-10(9)14/h6,9,12H,2-5H2,1H3,(H,11,14). The van der Waals surface area contributed by atoms with Crippen LogP contribution < -0.4 is 10.6 Å². The van der Waals surface area contributed by atoms with E-state index in [0.29, 0.717) is 6.54 Å². The van der Waals surface area contributed by atoms with Crippen LogP contribution in [0.15, 0.2) is 5.38 Å². The third-order valence-corrected chi connectivity index (χ3v) is 3.30. The second kappa shape index (κ2) is 4.72. The molecule has 1 amide bonds. The number of aryl methyl sites for hydroxylation is 1. The van der Waals surface area contributed by atoms with Gasteiger partial charge in [-0.05, 0) is 19.8 Å². The fraction of sp³-hybridized carbons (Fsp3) is 0.600. The van der Waals surface area contributed by atoms with Crippen molar-refractivity contribution in [1.29, 1.82) is 0 Å². The molecule has 1 aliphatic heterocycles. The number of hydrogen-bond donors (Lipinski definition) is 2. The highest BCUT2D eigenvalue weighted by Gasteiger charge is 2.21. The Hall–Kier alpha value is -0.940. The fourth-order valence-electron chi connectivity index (χ4n) is 1.68. The lowest BCUT2D eigenvalue weighted by Crippen LogP contribution is -2.47. The van der Waals surface area contributed by atoms with E-state index in [1.54, 1.807) is 11.3 Å². The van der Waals surface area contributed by atoms with E-state index in [4.69, 9.17) is 0 Å². The minimum Gasteiger partial charge on any atom is -0.355 e. The van der Waals surface area contributed by atoms with E-state index in [2.05, 4.69) is 15.6 Å². The largest absolute Gasteiger partial charge is 0.355 e. The molecule has 1 aromatic heterocycles. The first-order valence-corrected chi connectivity index (χ1v) is 6.06. The van der Waals surface area contributed by atoms with Gasteiger partial charge in [-0.2, -0.15) is 0 Å². The summed E-state index contributed by atoms with van der Waals surface area (Å²) < 4.78 is 0. The molecule has 1 atom stereocenters. The van der Waals surface area contributed by atoms with Crippen LogP contribution in [0.5, 0.6) is 0 Å². The van der Waals surface area contributed by atoms with Gasteiger partial charge < -0.3 is 10.6 Å². The Morgan fingerprint density at radius 1 is 1.73 bits per heavy atom. The zero-order chi connectivity index (χ0) is 10.7. The number of carbonyl (C=O) groups is 1. The molecule has 4 nitrogen and oxygen atoms in total. The van der Waals surface area contributed by atoms with Crippen molar-refractivity contribution in [2.45, 2.75) is 32.4 Å². The van der Waals surface area contributed by atoms with Crippen LogP contribution in [0.3, 0.4) is 0 Å². The van der Waals surface area contributed by atoms with Crippen molar-refractivity contribution in [2.24, 2.45) is 0 Å². The SMILES string of the molecule is Cc1nc(CNC2CCCNC2=O)cs1. The van der Waals surface area contributed by atoms with Crippen LogP contribution >= 0.6 is 11.3 Å². The quantitative estimate of drug-likeness (QED) is 0.801. The molecule has 0 saturated carbocycles. The number of nitrogens with zero attached hydrogens (tertiary/aromatic N) is 1. The molecule has 0 spiro atoms. The van der Waals surface area contributed by atoms with E-state index in [0.717, 1.165) is 30.1 Å². The first-order valence-electron chi connectivity index (χ1n) is 5.18. The van der Waals surface area contributed by atoms with Gasteiger partial charge in [0.1, 0.15) is 0 Å². The molecule has 1 aliphatic rings. The molecule has 15 heavy (non-hydrogen) atoms. The van der Waals surface area contributed by atoms with E-state index >= 15 is 0 Å². The van der Waals surface area contributed by atoms with Crippen LogP contribution in [0.1, 0.15) is 23.5 Å². The van der Waals surface area contributed by atoms with Gasteiger partial charge >= 0.3 is 0 Å². The summed E-state index contributed by atoms with van der Waals surface area (Å²) >= 11 is 1.64. The fourth-order valence-corrected chi connectivity index (χ4v) is 2.30. The summed E-state index contributed by atoms with van der Waals surface area (Å²) in [4.78, 5) is 15.8. The number of aromatic nitrogens is 1. The van der Waals surface area contributed by atoms with Gasteiger partial charge in [0, 0.05) is 18.5 Å².